The number of anilines is 1. The molecule has 3 aromatic carbocycles. The van der Waals surface area contributed by atoms with Gasteiger partial charge in [-0.2, -0.15) is 0 Å². The fourth-order valence-electron chi connectivity index (χ4n) is 3.77. The van der Waals surface area contributed by atoms with Crippen molar-refractivity contribution in [3.8, 4) is 11.3 Å². The summed E-state index contributed by atoms with van der Waals surface area (Å²) in [7, 11) is 4.40. The molecule has 2 nitrogen and oxygen atoms in total. The smallest absolute Gasteiger partial charge is 0.112 e. The zero-order chi connectivity index (χ0) is 20.9. The maximum Gasteiger partial charge on any atom is 0.112 e. The maximum atomic E-state index is 4.40. The van der Waals surface area contributed by atoms with Crippen molar-refractivity contribution in [2.45, 2.75) is 25.8 Å². The van der Waals surface area contributed by atoms with Crippen molar-refractivity contribution in [3.63, 3.8) is 0 Å². The Kier molecular flexibility index (Phi) is 5.85. The molecule has 0 aliphatic carbocycles. The molecule has 0 bridgehead atoms. The minimum Gasteiger partial charge on any atom is -0.379 e. The van der Waals surface area contributed by atoms with Gasteiger partial charge in [-0.25, -0.2) is 0 Å². The lowest BCUT2D eigenvalue weighted by molar-refractivity contribution is -0.610. The Bertz CT molecular complexity index is 1080. The number of pyridine rings is 1. The van der Waals surface area contributed by atoms with Crippen LogP contribution in [0.4, 0.5) is 5.69 Å². The Hall–Kier alpha value is -3.52. The van der Waals surface area contributed by atoms with Crippen LogP contribution < -0.4 is 9.88 Å². The predicted molar refractivity (Wildman–Crippen MR) is 125 cm³/mol. The van der Waals surface area contributed by atoms with Gasteiger partial charge in [-0.3, -0.25) is 0 Å². The summed E-state index contributed by atoms with van der Waals surface area (Å²) in [5.74, 6) is 0.522. The number of benzene rings is 3. The summed E-state index contributed by atoms with van der Waals surface area (Å²) < 4.78 is 2.04. The molecule has 0 amide bonds. The molecule has 0 radical (unpaired) electrons. The van der Waals surface area contributed by atoms with E-state index in [1.54, 1.807) is 0 Å². The standard InChI is InChI=1S/C28H28N2/c1-21(2)22-17-19-25(20-18-22)29-28(24-13-8-5-9-14-24)27-16-10-15-26(30(27)3)23-11-6-4-7-12-23/h4-21,28-29H,3H2,1-2H3. The van der Waals surface area contributed by atoms with Gasteiger partial charge in [-0.1, -0.05) is 98.8 Å². The summed E-state index contributed by atoms with van der Waals surface area (Å²) >= 11 is 0. The zero-order valence-electron chi connectivity index (χ0n) is 17.6. The van der Waals surface area contributed by atoms with E-state index in [1.807, 2.05) is 10.6 Å². The van der Waals surface area contributed by atoms with Crippen molar-refractivity contribution in [2.24, 2.45) is 0 Å². The van der Waals surface area contributed by atoms with Crippen molar-refractivity contribution < 1.29 is 4.57 Å². The molecule has 4 rings (SSSR count). The summed E-state index contributed by atoms with van der Waals surface area (Å²) in [4.78, 5) is 0. The lowest BCUT2D eigenvalue weighted by Gasteiger charge is -2.24. The van der Waals surface area contributed by atoms with Crippen LogP contribution in [0.5, 0.6) is 0 Å². The average Bonchev–Trinajstić information content (AvgIpc) is 2.79. The van der Waals surface area contributed by atoms with E-state index in [0.29, 0.717) is 5.92 Å². The highest BCUT2D eigenvalue weighted by molar-refractivity contribution is 5.56. The largest absolute Gasteiger partial charge is 0.379 e. The first kappa shape index (κ1) is 19.8. The van der Waals surface area contributed by atoms with E-state index in [0.717, 1.165) is 22.6 Å². The first-order chi connectivity index (χ1) is 14.6. The molecular weight excluding hydrogens is 364 g/mol. The van der Waals surface area contributed by atoms with E-state index in [-0.39, 0.29) is 6.04 Å². The van der Waals surface area contributed by atoms with E-state index in [9.17, 15) is 0 Å². The Morgan fingerprint density at radius 3 is 1.93 bits per heavy atom. The Morgan fingerprint density at radius 1 is 0.667 bits per heavy atom. The van der Waals surface area contributed by atoms with Gasteiger partial charge in [0.1, 0.15) is 11.4 Å². The molecular formula is C28H28N2. The van der Waals surface area contributed by atoms with Crippen LogP contribution in [0.15, 0.2) is 103 Å². The van der Waals surface area contributed by atoms with Crippen LogP contribution in [0.3, 0.4) is 0 Å². The number of rotatable bonds is 6. The molecule has 1 unspecified atom stereocenters. The molecule has 1 heterocycles. The molecule has 0 aliphatic heterocycles. The van der Waals surface area contributed by atoms with Gasteiger partial charge in [0.15, 0.2) is 0 Å². The lowest BCUT2D eigenvalue weighted by Crippen LogP contribution is -2.37. The highest BCUT2D eigenvalue weighted by Crippen LogP contribution is 2.27. The third-order valence-electron chi connectivity index (χ3n) is 5.51. The van der Waals surface area contributed by atoms with Gasteiger partial charge in [0.05, 0.1) is 6.04 Å². The highest BCUT2D eigenvalue weighted by Gasteiger charge is 2.19. The fourth-order valence-corrected chi connectivity index (χ4v) is 3.77. The third kappa shape index (κ3) is 4.23. The van der Waals surface area contributed by atoms with Crippen molar-refractivity contribution in [3.05, 3.63) is 127 Å². The van der Waals surface area contributed by atoms with Crippen LogP contribution in [0.1, 0.15) is 42.6 Å². The molecule has 0 saturated carbocycles. The summed E-state index contributed by atoms with van der Waals surface area (Å²) in [6, 6.07) is 36.0. The second-order valence-corrected chi connectivity index (χ2v) is 7.89. The molecule has 0 spiro atoms. The van der Waals surface area contributed by atoms with Crippen LogP contribution in [-0.4, -0.2) is 0 Å². The highest BCUT2D eigenvalue weighted by atomic mass is 15.0. The number of nitrogens with zero attached hydrogens (tertiary/aromatic N) is 1. The molecule has 0 aliphatic rings. The van der Waals surface area contributed by atoms with Gasteiger partial charge in [-0.15, -0.1) is 0 Å². The predicted octanol–water partition coefficient (Wildman–Crippen LogP) is 6.61. The van der Waals surface area contributed by atoms with E-state index in [2.05, 4.69) is 123 Å². The molecule has 2 heteroatoms. The number of aromatic nitrogens is 1. The maximum absolute atomic E-state index is 4.40. The van der Waals surface area contributed by atoms with Gasteiger partial charge in [0, 0.05) is 12.7 Å². The van der Waals surface area contributed by atoms with Gasteiger partial charge in [-0.05, 0) is 40.8 Å². The minimum atomic E-state index is -0.0164. The fraction of sp³-hybridized carbons (Fsp3) is 0.143. The normalized spacial score (nSPS) is 12.0. The second-order valence-electron chi connectivity index (χ2n) is 7.89. The van der Waals surface area contributed by atoms with Crippen molar-refractivity contribution >= 4 is 5.69 Å². The van der Waals surface area contributed by atoms with Crippen molar-refractivity contribution in [1.29, 1.82) is 0 Å². The SMILES string of the molecule is [CH2-][n+]1c(-c2ccccc2)cccc1C(Nc1ccc(C(C)C)cc1)c1ccccc1. The summed E-state index contributed by atoms with van der Waals surface area (Å²) in [6.07, 6.45) is 0. The van der Waals surface area contributed by atoms with Crippen LogP contribution in [0.2, 0.25) is 0 Å². The molecule has 1 aromatic heterocycles. The van der Waals surface area contributed by atoms with Crippen LogP contribution in [0.25, 0.3) is 11.3 Å². The third-order valence-corrected chi connectivity index (χ3v) is 5.51. The van der Waals surface area contributed by atoms with Crippen LogP contribution in [0, 0.1) is 7.05 Å². The molecule has 1 atom stereocenters. The number of hydrogen-bond acceptors (Lipinski definition) is 1. The minimum absolute atomic E-state index is 0.0164. The Balaban J connectivity index is 1.76. The average molecular weight is 393 g/mol. The van der Waals surface area contributed by atoms with Gasteiger partial charge in [0.25, 0.3) is 0 Å². The first-order valence-corrected chi connectivity index (χ1v) is 10.5. The van der Waals surface area contributed by atoms with Gasteiger partial charge < -0.3 is 9.88 Å². The Morgan fingerprint density at radius 2 is 1.30 bits per heavy atom. The van der Waals surface area contributed by atoms with E-state index >= 15 is 0 Å². The Labute approximate surface area is 179 Å². The molecule has 0 saturated heterocycles. The van der Waals surface area contributed by atoms with Gasteiger partial charge >= 0.3 is 0 Å². The first-order valence-electron chi connectivity index (χ1n) is 10.5. The molecule has 0 fully saturated rings. The number of nitrogens with one attached hydrogen (secondary N) is 1. The van der Waals surface area contributed by atoms with Crippen LogP contribution in [-0.2, 0) is 0 Å². The lowest BCUT2D eigenvalue weighted by atomic mass is 10.00. The summed E-state index contributed by atoms with van der Waals surface area (Å²) in [5.41, 5.74) is 6.99. The molecule has 150 valence electrons. The summed E-state index contributed by atoms with van der Waals surface area (Å²) in [5, 5.41) is 3.74. The molecule has 4 aromatic rings. The molecule has 1 N–H and O–H groups in total. The molecule has 30 heavy (non-hydrogen) atoms. The zero-order valence-corrected chi connectivity index (χ0v) is 17.6. The van der Waals surface area contributed by atoms with Gasteiger partial charge in [0.2, 0.25) is 0 Å². The number of hydrogen-bond donors (Lipinski definition) is 1. The van der Waals surface area contributed by atoms with Crippen LogP contribution >= 0.6 is 0 Å². The monoisotopic (exact) mass is 392 g/mol. The van der Waals surface area contributed by atoms with Crippen molar-refractivity contribution in [1.82, 2.24) is 0 Å². The van der Waals surface area contributed by atoms with E-state index < -0.39 is 0 Å². The topological polar surface area (TPSA) is 15.9 Å². The quantitative estimate of drug-likeness (QED) is 0.288. The van der Waals surface area contributed by atoms with E-state index in [1.165, 1.54) is 11.1 Å². The summed E-state index contributed by atoms with van der Waals surface area (Å²) in [6.45, 7) is 4.44. The van der Waals surface area contributed by atoms with Crippen molar-refractivity contribution in [2.75, 3.05) is 5.32 Å². The second kappa shape index (κ2) is 8.87. The van der Waals surface area contributed by atoms with E-state index in [4.69, 9.17) is 0 Å².